The van der Waals surface area contributed by atoms with Gasteiger partial charge in [0.2, 0.25) is 0 Å². The third-order valence-electron chi connectivity index (χ3n) is 8.00. The zero-order valence-corrected chi connectivity index (χ0v) is 18.1. The van der Waals surface area contributed by atoms with Crippen molar-refractivity contribution < 1.29 is 0 Å². The molecule has 2 heterocycles. The number of hydrogen-bond donors (Lipinski definition) is 0. The molecular weight excluding hydrogens is 362 g/mol. The van der Waals surface area contributed by atoms with Gasteiger partial charge < -0.3 is 4.90 Å². The van der Waals surface area contributed by atoms with Crippen LogP contribution in [-0.4, -0.2) is 6.54 Å². The van der Waals surface area contributed by atoms with Gasteiger partial charge in [0.15, 0.2) is 0 Å². The number of anilines is 1. The number of nitrogens with zero attached hydrogens (tertiary/aromatic N) is 1. The monoisotopic (exact) mass is 395 g/mol. The fourth-order valence-electron chi connectivity index (χ4n) is 6.54. The van der Waals surface area contributed by atoms with Crippen LogP contribution in [0.4, 0.5) is 5.69 Å². The van der Waals surface area contributed by atoms with Crippen LogP contribution < -0.4 is 4.90 Å². The quantitative estimate of drug-likeness (QED) is 0.376. The maximum atomic E-state index is 2.79. The van der Waals surface area contributed by atoms with Gasteiger partial charge in [0.05, 0.1) is 6.04 Å². The average molecular weight is 396 g/mol. The number of hydrogen-bond acceptors (Lipinski definition) is 1. The minimum atomic E-state index is 0.556. The summed E-state index contributed by atoms with van der Waals surface area (Å²) in [4.78, 5) is 2.79. The average Bonchev–Trinajstić information content (AvgIpc) is 2.79. The first-order valence-electron chi connectivity index (χ1n) is 12.3. The lowest BCUT2D eigenvalue weighted by Crippen LogP contribution is -2.39. The highest BCUT2D eigenvalue weighted by Crippen LogP contribution is 2.52. The molecule has 0 saturated carbocycles. The Kier molecular flexibility index (Phi) is 4.78. The van der Waals surface area contributed by atoms with E-state index in [9.17, 15) is 0 Å². The molecule has 4 bridgehead atoms. The van der Waals surface area contributed by atoms with Crippen LogP contribution in [0.2, 0.25) is 0 Å². The molecule has 0 fully saturated rings. The Labute approximate surface area is 181 Å². The molecule has 3 aromatic rings. The summed E-state index contributed by atoms with van der Waals surface area (Å²) in [6.07, 6.45) is 13.4. The van der Waals surface area contributed by atoms with Gasteiger partial charge in [0, 0.05) is 12.2 Å². The Morgan fingerprint density at radius 2 is 1.43 bits per heavy atom. The van der Waals surface area contributed by atoms with Crippen LogP contribution in [0.5, 0.6) is 0 Å². The number of aryl methyl sites for hydroxylation is 1. The second-order valence-electron chi connectivity index (χ2n) is 9.78. The van der Waals surface area contributed by atoms with Crippen LogP contribution in [0.1, 0.15) is 85.6 Å². The van der Waals surface area contributed by atoms with Gasteiger partial charge >= 0.3 is 0 Å². The molecule has 1 nitrogen and oxygen atoms in total. The predicted octanol–water partition coefficient (Wildman–Crippen LogP) is 7.72. The molecule has 2 atom stereocenters. The van der Waals surface area contributed by atoms with Gasteiger partial charge in [-0.25, -0.2) is 0 Å². The van der Waals surface area contributed by atoms with Crippen molar-refractivity contribution in [1.29, 1.82) is 0 Å². The first kappa shape index (κ1) is 18.5. The van der Waals surface area contributed by atoms with Gasteiger partial charge in [0.25, 0.3) is 0 Å². The van der Waals surface area contributed by atoms with E-state index < -0.39 is 0 Å². The molecule has 1 aliphatic carbocycles. The molecule has 2 aliphatic heterocycles. The maximum Gasteiger partial charge on any atom is 0.0551 e. The van der Waals surface area contributed by atoms with E-state index in [1.165, 1.54) is 87.2 Å². The van der Waals surface area contributed by atoms with Crippen LogP contribution in [-0.2, 0) is 12.8 Å². The molecule has 0 radical (unpaired) electrons. The van der Waals surface area contributed by atoms with E-state index in [4.69, 9.17) is 0 Å². The lowest BCUT2D eigenvalue weighted by atomic mass is 9.71. The van der Waals surface area contributed by atoms with Gasteiger partial charge in [-0.3, -0.25) is 0 Å². The number of rotatable bonds is 0. The Morgan fingerprint density at radius 3 is 2.33 bits per heavy atom. The topological polar surface area (TPSA) is 3.24 Å². The van der Waals surface area contributed by atoms with Crippen LogP contribution in [0.15, 0.2) is 54.6 Å². The Hall–Kier alpha value is -2.28. The van der Waals surface area contributed by atoms with Gasteiger partial charge in [-0.2, -0.15) is 0 Å². The van der Waals surface area contributed by atoms with Crippen LogP contribution in [0, 0.1) is 0 Å². The van der Waals surface area contributed by atoms with Crippen LogP contribution in [0.25, 0.3) is 10.8 Å². The van der Waals surface area contributed by atoms with Crippen molar-refractivity contribution in [2.45, 2.75) is 76.2 Å². The number of benzene rings is 3. The molecule has 0 spiro atoms. The fourth-order valence-corrected chi connectivity index (χ4v) is 6.54. The van der Waals surface area contributed by atoms with Crippen molar-refractivity contribution in [1.82, 2.24) is 0 Å². The molecule has 0 aromatic heterocycles. The van der Waals surface area contributed by atoms with E-state index in [-0.39, 0.29) is 0 Å². The zero-order chi connectivity index (χ0) is 19.9. The summed E-state index contributed by atoms with van der Waals surface area (Å²) in [7, 11) is 0. The SMILES string of the molecule is c1ccc2c(c1)C1Cc3c4cc(c5ccccc35)CCCCCCCCCN2C4C1. The summed E-state index contributed by atoms with van der Waals surface area (Å²) in [5.74, 6) is 0.670. The van der Waals surface area contributed by atoms with E-state index in [1.807, 2.05) is 0 Å². The fraction of sp³-hybridized carbons (Fsp3) is 0.448. The minimum Gasteiger partial charge on any atom is -0.364 e. The van der Waals surface area contributed by atoms with Crippen molar-refractivity contribution in [3.63, 3.8) is 0 Å². The summed E-state index contributed by atoms with van der Waals surface area (Å²) < 4.78 is 0. The van der Waals surface area contributed by atoms with Gasteiger partial charge in [0.1, 0.15) is 0 Å². The molecular formula is C29H33N. The van der Waals surface area contributed by atoms with Crippen molar-refractivity contribution in [2.24, 2.45) is 0 Å². The highest BCUT2D eigenvalue weighted by atomic mass is 15.2. The number of fused-ring (bicyclic) bond motifs is 8. The van der Waals surface area contributed by atoms with E-state index in [1.54, 1.807) is 22.3 Å². The van der Waals surface area contributed by atoms with E-state index in [0.29, 0.717) is 12.0 Å². The normalized spacial score (nSPS) is 23.8. The molecule has 154 valence electrons. The van der Waals surface area contributed by atoms with E-state index in [2.05, 4.69) is 59.5 Å². The third-order valence-corrected chi connectivity index (χ3v) is 8.00. The molecule has 6 rings (SSSR count). The molecule has 30 heavy (non-hydrogen) atoms. The van der Waals surface area contributed by atoms with Crippen LogP contribution >= 0.6 is 0 Å². The first-order valence-corrected chi connectivity index (χ1v) is 12.3. The maximum absolute atomic E-state index is 2.79. The third kappa shape index (κ3) is 3.06. The lowest BCUT2D eigenvalue weighted by Gasteiger charge is -2.47. The molecule has 0 N–H and O–H groups in total. The standard InChI is InChI=1S/C29H33N/c1-2-4-6-12-21-18-27-26(25-15-8-7-13-23(21)25)19-22-20-29(27)30(17-11-5-3-1)28-16-10-9-14-24(22)28/h7-10,13-16,18,22,29H,1-6,11-12,17,19-20H2. The minimum absolute atomic E-state index is 0.556. The molecule has 0 saturated heterocycles. The Balaban J connectivity index is 1.54. The Morgan fingerprint density at radius 1 is 0.700 bits per heavy atom. The second-order valence-corrected chi connectivity index (χ2v) is 9.78. The number of para-hydroxylation sites is 1. The molecule has 3 aliphatic rings. The van der Waals surface area contributed by atoms with Crippen LogP contribution in [0.3, 0.4) is 0 Å². The smallest absolute Gasteiger partial charge is 0.0551 e. The van der Waals surface area contributed by atoms with E-state index in [0.717, 1.165) is 0 Å². The van der Waals surface area contributed by atoms with Crippen molar-refractivity contribution in [3.05, 3.63) is 76.9 Å². The highest BCUT2D eigenvalue weighted by molar-refractivity contribution is 5.91. The summed E-state index contributed by atoms with van der Waals surface area (Å²) >= 11 is 0. The summed E-state index contributed by atoms with van der Waals surface area (Å²) in [6, 6.07) is 21.8. The zero-order valence-electron chi connectivity index (χ0n) is 18.1. The molecule has 1 heteroatoms. The summed E-state index contributed by atoms with van der Waals surface area (Å²) in [5, 5.41) is 3.05. The summed E-state index contributed by atoms with van der Waals surface area (Å²) in [6.45, 7) is 1.20. The molecule has 2 unspecified atom stereocenters. The van der Waals surface area contributed by atoms with E-state index >= 15 is 0 Å². The summed E-state index contributed by atoms with van der Waals surface area (Å²) in [5.41, 5.74) is 7.99. The molecule has 3 aromatic carbocycles. The second kappa shape index (κ2) is 7.76. The Bertz CT molecular complexity index is 1070. The van der Waals surface area contributed by atoms with Crippen molar-refractivity contribution >= 4 is 16.5 Å². The largest absolute Gasteiger partial charge is 0.364 e. The van der Waals surface area contributed by atoms with Crippen molar-refractivity contribution in [2.75, 3.05) is 11.4 Å². The lowest BCUT2D eigenvalue weighted by molar-refractivity contribution is 0.437. The van der Waals surface area contributed by atoms with Gasteiger partial charge in [-0.15, -0.1) is 0 Å². The predicted molar refractivity (Wildman–Crippen MR) is 128 cm³/mol. The highest BCUT2D eigenvalue weighted by Gasteiger charge is 2.38. The first-order chi connectivity index (χ1) is 14.9. The molecule has 0 amide bonds. The van der Waals surface area contributed by atoms with Gasteiger partial charge in [-0.05, 0) is 77.1 Å². The van der Waals surface area contributed by atoms with Crippen molar-refractivity contribution in [3.8, 4) is 0 Å². The van der Waals surface area contributed by atoms with Gasteiger partial charge in [-0.1, -0.05) is 80.6 Å².